The van der Waals surface area contributed by atoms with Gasteiger partial charge in [0.2, 0.25) is 6.20 Å². The van der Waals surface area contributed by atoms with Crippen LogP contribution < -0.4 is 9.47 Å². The maximum absolute atomic E-state index is 10.9. The molecular formula is C25H21NO5. The van der Waals surface area contributed by atoms with Gasteiger partial charge in [0, 0.05) is 11.6 Å². The van der Waals surface area contributed by atoms with Crippen molar-refractivity contribution >= 4 is 33.9 Å². The molecule has 31 heavy (non-hydrogen) atoms. The van der Waals surface area contributed by atoms with E-state index >= 15 is 0 Å². The lowest BCUT2D eigenvalue weighted by molar-refractivity contribution is -0.400. The molecule has 0 aromatic heterocycles. The number of benzene rings is 4. The molecule has 0 heterocycles. The molecule has 0 radical (unpaired) electrons. The Morgan fingerprint density at radius 1 is 0.742 bits per heavy atom. The van der Waals surface area contributed by atoms with E-state index in [1.807, 2.05) is 72.8 Å². The van der Waals surface area contributed by atoms with Crippen LogP contribution in [0.25, 0.3) is 27.6 Å². The minimum absolute atomic E-state index is 0.485. The highest BCUT2D eigenvalue weighted by Crippen LogP contribution is 2.29. The number of hydrogen-bond acceptors (Lipinski definition) is 5. The van der Waals surface area contributed by atoms with Gasteiger partial charge in [0.05, 0.1) is 24.7 Å². The first kappa shape index (κ1) is 21.5. The summed E-state index contributed by atoms with van der Waals surface area (Å²) in [6, 6.07) is 22.9. The van der Waals surface area contributed by atoms with Gasteiger partial charge in [-0.2, -0.15) is 0 Å². The van der Waals surface area contributed by atoms with E-state index in [0.717, 1.165) is 39.6 Å². The highest BCUT2D eigenvalue weighted by atomic mass is 16.6. The molecule has 0 aliphatic rings. The molecule has 0 amide bonds. The summed E-state index contributed by atoms with van der Waals surface area (Å²) in [6.07, 6.45) is 3.21. The smallest absolute Gasteiger partial charge is 0.235 e. The molecule has 0 N–H and O–H groups in total. The van der Waals surface area contributed by atoms with Gasteiger partial charge in [-0.25, -0.2) is 0 Å². The number of aldehydes is 1. The third-order valence-electron chi connectivity index (χ3n) is 4.78. The summed E-state index contributed by atoms with van der Waals surface area (Å²) in [5.41, 5.74) is 1.34. The Hall–Kier alpha value is -4.19. The number of rotatable bonds is 5. The van der Waals surface area contributed by atoms with Crippen LogP contribution in [-0.2, 0) is 0 Å². The number of carbonyl (C=O) groups is 1. The Balaban J connectivity index is 0.000000179. The number of nitro groups is 1. The van der Waals surface area contributed by atoms with Crippen LogP contribution in [0.3, 0.4) is 0 Å². The molecular weight excluding hydrogens is 394 g/mol. The molecule has 4 aromatic carbocycles. The fraction of sp³-hybridized carbons (Fsp3) is 0.0800. The van der Waals surface area contributed by atoms with Crippen LogP contribution in [0.15, 0.2) is 79.0 Å². The quantitative estimate of drug-likeness (QED) is 0.235. The SMILES string of the molecule is COc1ccc2ccccc2c1C=C[N+](=O)[O-].COc1ccc2ccccc2c1C=O. The molecule has 0 atom stereocenters. The van der Waals surface area contributed by atoms with Gasteiger partial charge in [0.1, 0.15) is 11.5 Å². The van der Waals surface area contributed by atoms with Crippen LogP contribution >= 0.6 is 0 Å². The van der Waals surface area contributed by atoms with E-state index in [1.54, 1.807) is 14.2 Å². The maximum Gasteiger partial charge on any atom is 0.235 e. The van der Waals surface area contributed by atoms with E-state index in [2.05, 4.69) is 0 Å². The second-order valence-electron chi connectivity index (χ2n) is 6.52. The van der Waals surface area contributed by atoms with Crippen LogP contribution in [0.1, 0.15) is 15.9 Å². The van der Waals surface area contributed by atoms with E-state index in [0.29, 0.717) is 17.1 Å². The zero-order valence-electron chi connectivity index (χ0n) is 17.1. The fourth-order valence-corrected chi connectivity index (χ4v) is 3.34. The van der Waals surface area contributed by atoms with Crippen molar-refractivity contribution in [3.05, 3.63) is 100 Å². The minimum atomic E-state index is -0.485. The van der Waals surface area contributed by atoms with Gasteiger partial charge in [0.15, 0.2) is 6.29 Å². The largest absolute Gasteiger partial charge is 0.496 e. The molecule has 0 saturated carbocycles. The van der Waals surface area contributed by atoms with Gasteiger partial charge in [-0.15, -0.1) is 0 Å². The van der Waals surface area contributed by atoms with Crippen molar-refractivity contribution in [2.24, 2.45) is 0 Å². The molecule has 0 fully saturated rings. The standard InChI is InChI=1S/C13H11NO3.C12H10O2/c1-17-13-7-6-10-4-2-3-5-11(10)12(13)8-9-14(15)16;1-14-12-7-6-9-4-2-3-5-10(9)11(12)8-13/h2-9H,1H3;2-8H,1H3. The molecule has 0 spiro atoms. The van der Waals surface area contributed by atoms with E-state index < -0.39 is 4.92 Å². The Bertz CT molecular complexity index is 1260. The molecule has 6 nitrogen and oxygen atoms in total. The Kier molecular flexibility index (Phi) is 6.96. The number of nitrogens with zero attached hydrogens (tertiary/aromatic N) is 1. The molecule has 0 aliphatic heterocycles. The van der Waals surface area contributed by atoms with Crippen molar-refractivity contribution in [3.8, 4) is 11.5 Å². The molecule has 4 aromatic rings. The lowest BCUT2D eigenvalue weighted by Crippen LogP contribution is -1.91. The van der Waals surface area contributed by atoms with E-state index in [4.69, 9.17) is 9.47 Å². The molecule has 0 unspecified atom stereocenters. The summed E-state index contributed by atoms with van der Waals surface area (Å²) >= 11 is 0. The number of ether oxygens (including phenoxy) is 2. The molecule has 0 aliphatic carbocycles. The number of carbonyl (C=O) groups excluding carboxylic acids is 1. The zero-order chi connectivity index (χ0) is 22.2. The van der Waals surface area contributed by atoms with Crippen molar-refractivity contribution in [2.75, 3.05) is 14.2 Å². The lowest BCUT2D eigenvalue weighted by Gasteiger charge is -2.07. The summed E-state index contributed by atoms with van der Waals surface area (Å²) in [5, 5.41) is 14.3. The molecule has 6 heteroatoms. The van der Waals surface area contributed by atoms with Crippen molar-refractivity contribution < 1.29 is 19.2 Å². The first-order chi connectivity index (χ1) is 15.1. The van der Waals surface area contributed by atoms with Gasteiger partial charge in [-0.05, 0) is 33.7 Å². The normalized spacial score (nSPS) is 10.5. The summed E-state index contributed by atoms with van der Waals surface area (Å²) < 4.78 is 10.3. The first-order valence-electron chi connectivity index (χ1n) is 9.47. The van der Waals surface area contributed by atoms with Crippen molar-refractivity contribution in [1.82, 2.24) is 0 Å². The summed E-state index contributed by atoms with van der Waals surface area (Å²) in [5.74, 6) is 1.25. The van der Waals surface area contributed by atoms with Crippen LogP contribution in [0.2, 0.25) is 0 Å². The summed E-state index contributed by atoms with van der Waals surface area (Å²) in [6.45, 7) is 0. The van der Waals surface area contributed by atoms with Crippen molar-refractivity contribution in [2.45, 2.75) is 0 Å². The predicted molar refractivity (Wildman–Crippen MR) is 122 cm³/mol. The first-order valence-corrected chi connectivity index (χ1v) is 9.47. The maximum atomic E-state index is 10.9. The second kappa shape index (κ2) is 10.0. The molecule has 0 bridgehead atoms. The summed E-state index contributed by atoms with van der Waals surface area (Å²) in [4.78, 5) is 20.8. The highest BCUT2D eigenvalue weighted by Gasteiger charge is 2.07. The second-order valence-corrected chi connectivity index (χ2v) is 6.52. The van der Waals surface area contributed by atoms with Crippen LogP contribution in [0.5, 0.6) is 11.5 Å². The lowest BCUT2D eigenvalue weighted by atomic mass is 10.0. The Morgan fingerprint density at radius 2 is 1.23 bits per heavy atom. The summed E-state index contributed by atoms with van der Waals surface area (Å²) in [7, 11) is 3.12. The third kappa shape index (κ3) is 4.87. The van der Waals surface area contributed by atoms with Crippen LogP contribution in [-0.4, -0.2) is 25.4 Å². The third-order valence-corrected chi connectivity index (χ3v) is 4.78. The van der Waals surface area contributed by atoms with Gasteiger partial charge in [0.25, 0.3) is 0 Å². The van der Waals surface area contributed by atoms with Gasteiger partial charge < -0.3 is 9.47 Å². The Morgan fingerprint density at radius 3 is 1.71 bits per heavy atom. The highest BCUT2D eigenvalue weighted by molar-refractivity contribution is 6.00. The average Bonchev–Trinajstić information content (AvgIpc) is 2.81. The van der Waals surface area contributed by atoms with Gasteiger partial charge in [-0.1, -0.05) is 60.7 Å². The monoisotopic (exact) mass is 415 g/mol. The van der Waals surface area contributed by atoms with Crippen molar-refractivity contribution in [1.29, 1.82) is 0 Å². The van der Waals surface area contributed by atoms with Crippen LogP contribution in [0.4, 0.5) is 0 Å². The Labute approximate surface area is 179 Å². The van der Waals surface area contributed by atoms with Gasteiger partial charge >= 0.3 is 0 Å². The predicted octanol–water partition coefficient (Wildman–Crippen LogP) is 5.76. The van der Waals surface area contributed by atoms with Gasteiger partial charge in [-0.3, -0.25) is 14.9 Å². The topological polar surface area (TPSA) is 78.7 Å². The number of methoxy groups -OCH3 is 2. The van der Waals surface area contributed by atoms with E-state index in [1.165, 1.54) is 6.08 Å². The molecule has 156 valence electrons. The fourth-order valence-electron chi connectivity index (χ4n) is 3.34. The molecule has 0 saturated heterocycles. The zero-order valence-corrected chi connectivity index (χ0v) is 17.1. The number of fused-ring (bicyclic) bond motifs is 2. The average molecular weight is 415 g/mol. The van der Waals surface area contributed by atoms with E-state index in [-0.39, 0.29) is 0 Å². The van der Waals surface area contributed by atoms with E-state index in [9.17, 15) is 14.9 Å². The van der Waals surface area contributed by atoms with Crippen LogP contribution in [0, 0.1) is 10.1 Å². The number of hydrogen-bond donors (Lipinski definition) is 0. The van der Waals surface area contributed by atoms with Crippen molar-refractivity contribution in [3.63, 3.8) is 0 Å². The minimum Gasteiger partial charge on any atom is -0.496 e. The molecule has 4 rings (SSSR count).